The SMILES string of the molecule is CCN1CCCC(Nc2cc(C)c(O)cc2C)CC1. The summed E-state index contributed by atoms with van der Waals surface area (Å²) in [4.78, 5) is 2.52. The number of hydrogen-bond donors (Lipinski definition) is 2. The minimum absolute atomic E-state index is 0.390. The van der Waals surface area contributed by atoms with Gasteiger partial charge in [-0.2, -0.15) is 0 Å². The number of likely N-dealkylation sites (tertiary alicyclic amines) is 1. The van der Waals surface area contributed by atoms with Crippen LogP contribution in [0.5, 0.6) is 5.75 Å². The maximum atomic E-state index is 9.71. The number of benzene rings is 1. The Labute approximate surface area is 116 Å². The fraction of sp³-hybridized carbons (Fsp3) is 0.625. The fourth-order valence-electron chi connectivity index (χ4n) is 2.79. The molecule has 2 N–H and O–H groups in total. The van der Waals surface area contributed by atoms with Gasteiger partial charge in [-0.05, 0) is 69.5 Å². The summed E-state index contributed by atoms with van der Waals surface area (Å²) in [6, 6.07) is 4.47. The Kier molecular flexibility index (Phi) is 4.70. The highest BCUT2D eigenvalue weighted by molar-refractivity contribution is 5.57. The van der Waals surface area contributed by atoms with E-state index in [0.29, 0.717) is 11.8 Å². The van der Waals surface area contributed by atoms with Gasteiger partial charge in [0, 0.05) is 18.3 Å². The molecule has 1 aliphatic heterocycles. The number of phenols is 1. The molecule has 2 rings (SSSR count). The summed E-state index contributed by atoms with van der Waals surface area (Å²) in [7, 11) is 0. The molecule has 3 heteroatoms. The third kappa shape index (κ3) is 3.63. The van der Waals surface area contributed by atoms with E-state index >= 15 is 0 Å². The first kappa shape index (κ1) is 14.2. The minimum Gasteiger partial charge on any atom is -0.508 e. The van der Waals surface area contributed by atoms with Gasteiger partial charge >= 0.3 is 0 Å². The Hall–Kier alpha value is -1.22. The van der Waals surface area contributed by atoms with Crippen molar-refractivity contribution >= 4 is 5.69 Å². The third-order valence-corrected chi connectivity index (χ3v) is 4.17. The highest BCUT2D eigenvalue weighted by Gasteiger charge is 2.16. The Balaban J connectivity index is 2.03. The zero-order valence-electron chi connectivity index (χ0n) is 12.4. The average molecular weight is 262 g/mol. The van der Waals surface area contributed by atoms with E-state index < -0.39 is 0 Å². The molecule has 0 saturated carbocycles. The molecule has 1 atom stereocenters. The van der Waals surface area contributed by atoms with Crippen molar-refractivity contribution in [2.75, 3.05) is 25.0 Å². The normalized spacial score (nSPS) is 21.1. The molecule has 0 bridgehead atoms. The molecule has 0 aliphatic carbocycles. The van der Waals surface area contributed by atoms with Crippen LogP contribution in [0.4, 0.5) is 5.69 Å². The van der Waals surface area contributed by atoms with Crippen molar-refractivity contribution in [1.29, 1.82) is 0 Å². The summed E-state index contributed by atoms with van der Waals surface area (Å²) in [6.07, 6.45) is 3.70. The van der Waals surface area contributed by atoms with Crippen LogP contribution in [0.25, 0.3) is 0 Å². The Morgan fingerprint density at radius 3 is 2.74 bits per heavy atom. The van der Waals surface area contributed by atoms with Gasteiger partial charge in [0.05, 0.1) is 0 Å². The predicted octanol–water partition coefficient (Wildman–Crippen LogP) is 3.30. The lowest BCUT2D eigenvalue weighted by Gasteiger charge is -2.21. The van der Waals surface area contributed by atoms with E-state index in [1.165, 1.54) is 38.0 Å². The molecular formula is C16H26N2O. The second-order valence-electron chi connectivity index (χ2n) is 5.66. The van der Waals surface area contributed by atoms with Crippen LogP contribution in [0.3, 0.4) is 0 Å². The molecule has 1 unspecified atom stereocenters. The van der Waals surface area contributed by atoms with Gasteiger partial charge in [-0.15, -0.1) is 0 Å². The van der Waals surface area contributed by atoms with Crippen molar-refractivity contribution in [3.8, 4) is 5.75 Å². The van der Waals surface area contributed by atoms with E-state index in [9.17, 15) is 5.11 Å². The molecule has 1 saturated heterocycles. The number of aryl methyl sites for hydroxylation is 2. The van der Waals surface area contributed by atoms with Gasteiger partial charge in [-0.3, -0.25) is 0 Å². The molecule has 1 aromatic carbocycles. The zero-order valence-corrected chi connectivity index (χ0v) is 12.4. The van der Waals surface area contributed by atoms with E-state index in [4.69, 9.17) is 0 Å². The molecule has 106 valence electrons. The van der Waals surface area contributed by atoms with Crippen LogP contribution in [0, 0.1) is 13.8 Å². The topological polar surface area (TPSA) is 35.5 Å². The maximum absolute atomic E-state index is 9.71. The van der Waals surface area contributed by atoms with E-state index in [2.05, 4.69) is 30.1 Å². The number of phenolic OH excluding ortho intramolecular Hbond substituents is 1. The number of anilines is 1. The quantitative estimate of drug-likeness (QED) is 0.820. The Morgan fingerprint density at radius 1 is 1.21 bits per heavy atom. The van der Waals surface area contributed by atoms with Crippen LogP contribution in [0.15, 0.2) is 12.1 Å². The largest absolute Gasteiger partial charge is 0.508 e. The zero-order chi connectivity index (χ0) is 13.8. The Bertz CT molecular complexity index is 431. The molecule has 1 fully saturated rings. The molecule has 1 heterocycles. The van der Waals surface area contributed by atoms with Crippen LogP contribution in [0.2, 0.25) is 0 Å². The van der Waals surface area contributed by atoms with Crippen LogP contribution < -0.4 is 5.32 Å². The van der Waals surface area contributed by atoms with E-state index in [1.807, 2.05) is 13.0 Å². The lowest BCUT2D eigenvalue weighted by molar-refractivity contribution is 0.300. The maximum Gasteiger partial charge on any atom is 0.118 e. The van der Waals surface area contributed by atoms with Gasteiger partial charge in [0.15, 0.2) is 0 Å². The first-order valence-corrected chi connectivity index (χ1v) is 7.39. The van der Waals surface area contributed by atoms with E-state index in [0.717, 1.165) is 17.7 Å². The summed E-state index contributed by atoms with van der Waals surface area (Å²) in [5.74, 6) is 0.390. The summed E-state index contributed by atoms with van der Waals surface area (Å²) >= 11 is 0. The molecule has 1 aromatic rings. The van der Waals surface area contributed by atoms with E-state index in [-0.39, 0.29) is 0 Å². The van der Waals surface area contributed by atoms with Crippen molar-refractivity contribution in [1.82, 2.24) is 4.90 Å². The summed E-state index contributed by atoms with van der Waals surface area (Å²) in [5.41, 5.74) is 3.24. The smallest absolute Gasteiger partial charge is 0.118 e. The molecule has 3 nitrogen and oxygen atoms in total. The highest BCUT2D eigenvalue weighted by Crippen LogP contribution is 2.26. The molecule has 0 aromatic heterocycles. The number of aromatic hydroxyl groups is 1. The van der Waals surface area contributed by atoms with Gasteiger partial charge in [-0.1, -0.05) is 6.92 Å². The molecule has 0 amide bonds. The number of hydrogen-bond acceptors (Lipinski definition) is 3. The summed E-state index contributed by atoms with van der Waals surface area (Å²) in [6.45, 7) is 9.81. The van der Waals surface area contributed by atoms with Gasteiger partial charge in [0.2, 0.25) is 0 Å². The third-order valence-electron chi connectivity index (χ3n) is 4.17. The second kappa shape index (κ2) is 6.29. The first-order chi connectivity index (χ1) is 9.10. The average Bonchev–Trinajstić information content (AvgIpc) is 2.61. The van der Waals surface area contributed by atoms with Gasteiger partial charge in [-0.25, -0.2) is 0 Å². The van der Waals surface area contributed by atoms with Crippen molar-refractivity contribution in [2.24, 2.45) is 0 Å². The van der Waals surface area contributed by atoms with Crippen LogP contribution >= 0.6 is 0 Å². The van der Waals surface area contributed by atoms with Crippen LogP contribution in [-0.2, 0) is 0 Å². The highest BCUT2D eigenvalue weighted by atomic mass is 16.3. The van der Waals surface area contributed by atoms with E-state index in [1.54, 1.807) is 0 Å². The monoisotopic (exact) mass is 262 g/mol. The summed E-state index contributed by atoms with van der Waals surface area (Å²) in [5, 5.41) is 13.4. The van der Waals surface area contributed by atoms with Crippen molar-refractivity contribution in [3.05, 3.63) is 23.3 Å². The van der Waals surface area contributed by atoms with Crippen molar-refractivity contribution < 1.29 is 5.11 Å². The first-order valence-electron chi connectivity index (χ1n) is 7.39. The van der Waals surface area contributed by atoms with Crippen LogP contribution in [0.1, 0.15) is 37.3 Å². The predicted molar refractivity (Wildman–Crippen MR) is 81.0 cm³/mol. The number of nitrogens with one attached hydrogen (secondary N) is 1. The minimum atomic E-state index is 0.390. The standard InChI is InChI=1S/C16H26N2O/c1-4-18-8-5-6-14(7-9-18)17-15-10-13(3)16(19)11-12(15)2/h10-11,14,17,19H,4-9H2,1-3H3. The molecular weight excluding hydrogens is 236 g/mol. The van der Waals surface area contributed by atoms with Crippen molar-refractivity contribution in [3.63, 3.8) is 0 Å². The van der Waals surface area contributed by atoms with Gasteiger partial charge < -0.3 is 15.3 Å². The summed E-state index contributed by atoms with van der Waals surface area (Å²) < 4.78 is 0. The molecule has 0 radical (unpaired) electrons. The molecule has 1 aliphatic rings. The lowest BCUT2D eigenvalue weighted by Crippen LogP contribution is -2.26. The second-order valence-corrected chi connectivity index (χ2v) is 5.66. The van der Waals surface area contributed by atoms with Crippen LogP contribution in [-0.4, -0.2) is 35.7 Å². The number of rotatable bonds is 3. The molecule has 19 heavy (non-hydrogen) atoms. The lowest BCUT2D eigenvalue weighted by atomic mass is 10.1. The van der Waals surface area contributed by atoms with Gasteiger partial charge in [0.25, 0.3) is 0 Å². The van der Waals surface area contributed by atoms with Crippen molar-refractivity contribution in [2.45, 2.75) is 46.1 Å². The Morgan fingerprint density at radius 2 is 2.00 bits per heavy atom. The van der Waals surface area contributed by atoms with Gasteiger partial charge in [0.1, 0.15) is 5.75 Å². The number of nitrogens with zero attached hydrogens (tertiary/aromatic N) is 1. The molecule has 0 spiro atoms. The fourth-order valence-corrected chi connectivity index (χ4v) is 2.79.